The van der Waals surface area contributed by atoms with Crippen LogP contribution in [-0.4, -0.2) is 17.0 Å². The lowest BCUT2D eigenvalue weighted by Crippen LogP contribution is -2.50. The number of piperidine rings is 1. The van der Waals surface area contributed by atoms with E-state index in [-0.39, 0.29) is 23.6 Å². The summed E-state index contributed by atoms with van der Waals surface area (Å²) in [5.74, 6) is 0.356. The molecule has 0 N–H and O–H groups in total. The van der Waals surface area contributed by atoms with Crippen molar-refractivity contribution in [1.82, 2.24) is 4.90 Å². The van der Waals surface area contributed by atoms with Crippen molar-refractivity contribution < 1.29 is 9.53 Å². The molecule has 3 aliphatic rings. The Bertz CT molecular complexity index is 848. The van der Waals surface area contributed by atoms with Crippen molar-refractivity contribution in [3.63, 3.8) is 0 Å². The van der Waals surface area contributed by atoms with E-state index in [4.69, 9.17) is 4.74 Å². The predicted octanol–water partition coefficient (Wildman–Crippen LogP) is 6.01. The number of hydrogen-bond acceptors (Lipinski definition) is 2. The summed E-state index contributed by atoms with van der Waals surface area (Å²) in [6, 6.07) is 18.8. The Labute approximate surface area is 168 Å². The molecule has 3 atom stereocenters. The fourth-order valence-corrected chi connectivity index (χ4v) is 4.37. The Morgan fingerprint density at radius 1 is 1.00 bits per heavy atom. The number of carbonyl (C=O) groups is 1. The number of benzene rings is 2. The largest absolute Gasteiger partial charge is 0.445 e. The smallest absolute Gasteiger partial charge is 0.411 e. The van der Waals surface area contributed by atoms with E-state index < -0.39 is 0 Å². The second-order valence-corrected chi connectivity index (χ2v) is 8.96. The lowest BCUT2D eigenvalue weighted by Gasteiger charge is -2.47. The van der Waals surface area contributed by atoms with Gasteiger partial charge in [-0.15, -0.1) is 0 Å². The van der Waals surface area contributed by atoms with Crippen molar-refractivity contribution in [3.8, 4) is 0 Å². The zero-order valence-electron chi connectivity index (χ0n) is 17.0. The third kappa shape index (κ3) is 3.71. The van der Waals surface area contributed by atoms with Gasteiger partial charge in [-0.1, -0.05) is 87.5 Å². The molecule has 3 nitrogen and oxygen atoms in total. The Kier molecular flexibility index (Phi) is 5.01. The lowest BCUT2D eigenvalue weighted by molar-refractivity contribution is 0.0325. The van der Waals surface area contributed by atoms with Crippen LogP contribution < -0.4 is 0 Å². The van der Waals surface area contributed by atoms with Gasteiger partial charge in [0.15, 0.2) is 0 Å². The van der Waals surface area contributed by atoms with Crippen molar-refractivity contribution >= 4 is 6.09 Å². The molecule has 2 aliphatic heterocycles. The van der Waals surface area contributed by atoms with Gasteiger partial charge in [0.25, 0.3) is 0 Å². The molecule has 2 bridgehead atoms. The molecule has 3 heteroatoms. The molecule has 0 spiro atoms. The Hall–Kier alpha value is -2.55. The summed E-state index contributed by atoms with van der Waals surface area (Å²) in [5, 5.41) is 0. The van der Waals surface area contributed by atoms with Gasteiger partial charge in [-0.3, -0.25) is 4.90 Å². The zero-order valence-corrected chi connectivity index (χ0v) is 17.0. The zero-order chi connectivity index (χ0) is 19.7. The SMILES string of the molecule is CC(C)(C)c1ccc(C2C3C=CC(CC3)N2C(=O)OCc2ccccc2)cc1. The van der Waals surface area contributed by atoms with Crippen LogP contribution in [0, 0.1) is 5.92 Å². The maximum atomic E-state index is 13.0. The van der Waals surface area contributed by atoms with Crippen LogP contribution in [0.5, 0.6) is 0 Å². The molecule has 0 radical (unpaired) electrons. The van der Waals surface area contributed by atoms with Gasteiger partial charge in [-0.25, -0.2) is 4.79 Å². The average molecular weight is 376 g/mol. The minimum Gasteiger partial charge on any atom is -0.445 e. The minimum atomic E-state index is -0.215. The van der Waals surface area contributed by atoms with Crippen LogP contribution in [0.2, 0.25) is 0 Å². The number of hydrogen-bond donors (Lipinski definition) is 0. The minimum absolute atomic E-state index is 0.0565. The van der Waals surface area contributed by atoms with E-state index in [1.165, 1.54) is 11.1 Å². The van der Waals surface area contributed by atoms with Gasteiger partial charge >= 0.3 is 6.09 Å². The number of nitrogens with zero attached hydrogens (tertiary/aromatic N) is 1. The fourth-order valence-electron chi connectivity index (χ4n) is 4.37. The molecule has 1 amide bonds. The standard InChI is InChI=1S/C25H29NO2/c1-25(2,3)21-13-9-19(10-14-21)23-20-11-15-22(16-12-20)26(23)24(27)28-17-18-7-5-4-6-8-18/h4-11,13-15,20,22-23H,12,16-17H2,1-3H3. The first-order valence-electron chi connectivity index (χ1n) is 10.2. The van der Waals surface area contributed by atoms with E-state index in [2.05, 4.69) is 57.2 Å². The highest BCUT2D eigenvalue weighted by Crippen LogP contribution is 2.44. The number of amides is 1. The van der Waals surface area contributed by atoms with Gasteiger partial charge in [0.05, 0.1) is 12.1 Å². The van der Waals surface area contributed by atoms with Crippen LogP contribution in [0.25, 0.3) is 0 Å². The van der Waals surface area contributed by atoms with E-state index in [0.29, 0.717) is 12.5 Å². The van der Waals surface area contributed by atoms with Gasteiger partial charge < -0.3 is 4.74 Å². The lowest BCUT2D eigenvalue weighted by atomic mass is 9.76. The molecule has 2 aromatic rings. The Morgan fingerprint density at radius 2 is 1.71 bits per heavy atom. The maximum absolute atomic E-state index is 13.0. The van der Waals surface area contributed by atoms with Crippen LogP contribution in [0.3, 0.4) is 0 Å². The van der Waals surface area contributed by atoms with Crippen LogP contribution in [0.15, 0.2) is 66.7 Å². The molecule has 146 valence electrons. The van der Waals surface area contributed by atoms with Crippen LogP contribution in [0.1, 0.15) is 56.3 Å². The second kappa shape index (κ2) is 7.46. The molecule has 2 heterocycles. The Balaban J connectivity index is 1.56. The first kappa shape index (κ1) is 18.8. The highest BCUT2D eigenvalue weighted by Gasteiger charge is 2.42. The molecule has 5 rings (SSSR count). The van der Waals surface area contributed by atoms with Gasteiger partial charge in [0.2, 0.25) is 0 Å². The molecule has 0 saturated carbocycles. The average Bonchev–Trinajstić information content (AvgIpc) is 2.72. The summed E-state index contributed by atoms with van der Waals surface area (Å²) < 4.78 is 5.70. The molecule has 1 saturated heterocycles. The van der Waals surface area contributed by atoms with Crippen molar-refractivity contribution in [1.29, 1.82) is 0 Å². The molecule has 28 heavy (non-hydrogen) atoms. The van der Waals surface area contributed by atoms with Crippen LogP contribution in [-0.2, 0) is 16.8 Å². The van der Waals surface area contributed by atoms with E-state index in [9.17, 15) is 4.79 Å². The topological polar surface area (TPSA) is 29.5 Å². The van der Waals surface area contributed by atoms with Crippen molar-refractivity contribution in [2.75, 3.05) is 0 Å². The predicted molar refractivity (Wildman–Crippen MR) is 112 cm³/mol. The molecule has 2 aromatic carbocycles. The number of fused-ring (bicyclic) bond motifs is 2. The van der Waals surface area contributed by atoms with Gasteiger partial charge in [-0.05, 0) is 34.9 Å². The summed E-state index contributed by atoms with van der Waals surface area (Å²) in [6.07, 6.45) is 6.39. The van der Waals surface area contributed by atoms with Crippen molar-refractivity contribution in [3.05, 3.63) is 83.4 Å². The summed E-state index contributed by atoms with van der Waals surface area (Å²) in [7, 11) is 0. The molecular formula is C25H29NO2. The van der Waals surface area contributed by atoms with Gasteiger partial charge in [-0.2, -0.15) is 0 Å². The quantitative estimate of drug-likeness (QED) is 0.615. The normalized spacial score (nSPS) is 23.7. The van der Waals surface area contributed by atoms with E-state index >= 15 is 0 Å². The highest BCUT2D eigenvalue weighted by atomic mass is 16.6. The van der Waals surface area contributed by atoms with Crippen molar-refractivity contribution in [2.24, 2.45) is 5.92 Å². The van der Waals surface area contributed by atoms with E-state index in [1.54, 1.807) is 0 Å². The molecule has 0 aromatic heterocycles. The summed E-state index contributed by atoms with van der Waals surface area (Å²) in [4.78, 5) is 15.0. The van der Waals surface area contributed by atoms with Crippen molar-refractivity contribution in [2.45, 2.75) is 57.7 Å². The highest BCUT2D eigenvalue weighted by molar-refractivity contribution is 5.70. The molecule has 3 unspecified atom stereocenters. The molecular weight excluding hydrogens is 346 g/mol. The number of ether oxygens (including phenoxy) is 1. The van der Waals surface area contributed by atoms with E-state index in [0.717, 1.165) is 18.4 Å². The number of rotatable bonds is 3. The van der Waals surface area contributed by atoms with Crippen LogP contribution in [0.4, 0.5) is 4.79 Å². The number of carbonyl (C=O) groups excluding carboxylic acids is 1. The molecule has 1 aliphatic carbocycles. The fraction of sp³-hybridized carbons (Fsp3) is 0.400. The molecule has 1 fully saturated rings. The van der Waals surface area contributed by atoms with Crippen LogP contribution >= 0.6 is 0 Å². The maximum Gasteiger partial charge on any atom is 0.411 e. The Morgan fingerprint density at radius 3 is 2.32 bits per heavy atom. The summed E-state index contributed by atoms with van der Waals surface area (Å²) in [5.41, 5.74) is 3.65. The monoisotopic (exact) mass is 375 g/mol. The second-order valence-electron chi connectivity index (χ2n) is 8.96. The van der Waals surface area contributed by atoms with Gasteiger partial charge in [0.1, 0.15) is 6.61 Å². The first-order valence-corrected chi connectivity index (χ1v) is 10.2. The van der Waals surface area contributed by atoms with Gasteiger partial charge in [0, 0.05) is 5.92 Å². The summed E-state index contributed by atoms with van der Waals surface area (Å²) >= 11 is 0. The first-order chi connectivity index (χ1) is 13.4. The summed E-state index contributed by atoms with van der Waals surface area (Å²) in [6.45, 7) is 6.98. The third-order valence-corrected chi connectivity index (χ3v) is 5.97. The third-order valence-electron chi connectivity index (χ3n) is 5.97. The van der Waals surface area contributed by atoms with E-state index in [1.807, 2.05) is 35.2 Å².